The van der Waals surface area contributed by atoms with Crippen molar-refractivity contribution in [2.75, 3.05) is 25.2 Å². The van der Waals surface area contributed by atoms with Gasteiger partial charge in [-0.05, 0) is 42.0 Å². The molecule has 0 saturated heterocycles. The Balaban J connectivity index is 2.15. The van der Waals surface area contributed by atoms with E-state index in [4.69, 9.17) is 4.74 Å². The molecule has 0 aliphatic carbocycles. The van der Waals surface area contributed by atoms with E-state index in [1.165, 1.54) is 12.1 Å². The van der Waals surface area contributed by atoms with Crippen LogP contribution in [-0.2, 0) is 12.7 Å². The first-order valence-corrected chi connectivity index (χ1v) is 7.10. The van der Waals surface area contributed by atoms with Crippen LogP contribution < -0.4 is 9.64 Å². The first kappa shape index (κ1) is 17.1. The molecule has 0 radical (unpaired) electrons. The molecule has 0 bridgehead atoms. The number of nitrogens with zero attached hydrogens (tertiary/aromatic N) is 1. The summed E-state index contributed by atoms with van der Waals surface area (Å²) in [6.07, 6.45) is -4.33. The largest absolute Gasteiger partial charge is 0.497 e. The monoisotopic (exact) mass is 325 g/mol. The number of aliphatic hydroxyl groups is 1. The Morgan fingerprint density at radius 3 is 2.09 bits per heavy atom. The standard InChI is InChI=1S/C17H18F3NO2/c1-23-16-8-6-15(7-9-16)21(10-11-22)12-13-2-4-14(5-3-13)17(18,19)20/h2-9,22H,10-12H2,1H3. The maximum absolute atomic E-state index is 12.6. The van der Waals surface area contributed by atoms with Gasteiger partial charge in [0, 0.05) is 18.8 Å². The van der Waals surface area contributed by atoms with E-state index in [2.05, 4.69) is 0 Å². The van der Waals surface area contributed by atoms with Crippen LogP contribution in [0.5, 0.6) is 5.75 Å². The number of hydrogen-bond donors (Lipinski definition) is 1. The summed E-state index contributed by atoms with van der Waals surface area (Å²) >= 11 is 0. The predicted molar refractivity (Wildman–Crippen MR) is 82.6 cm³/mol. The molecule has 0 saturated carbocycles. The lowest BCUT2D eigenvalue weighted by molar-refractivity contribution is -0.137. The van der Waals surface area contributed by atoms with Crippen molar-refractivity contribution in [2.24, 2.45) is 0 Å². The van der Waals surface area contributed by atoms with Crippen LogP contribution >= 0.6 is 0 Å². The lowest BCUT2D eigenvalue weighted by atomic mass is 10.1. The number of hydrogen-bond acceptors (Lipinski definition) is 3. The van der Waals surface area contributed by atoms with Crippen LogP contribution in [-0.4, -0.2) is 25.4 Å². The Bertz CT molecular complexity index is 609. The Labute approximate surface area is 132 Å². The molecule has 3 nitrogen and oxygen atoms in total. The molecule has 2 rings (SSSR count). The normalized spacial score (nSPS) is 11.3. The van der Waals surface area contributed by atoms with Crippen molar-refractivity contribution in [2.45, 2.75) is 12.7 Å². The Kier molecular flexibility index (Phi) is 5.50. The molecule has 2 aromatic rings. The number of alkyl halides is 3. The molecule has 0 heterocycles. The summed E-state index contributed by atoms with van der Waals surface area (Å²) in [5.41, 5.74) is 0.932. The van der Waals surface area contributed by atoms with Crippen molar-refractivity contribution in [1.29, 1.82) is 0 Å². The second-order valence-electron chi connectivity index (χ2n) is 5.04. The summed E-state index contributed by atoms with van der Waals surface area (Å²) in [7, 11) is 1.57. The summed E-state index contributed by atoms with van der Waals surface area (Å²) in [5, 5.41) is 9.21. The van der Waals surface area contributed by atoms with Crippen LogP contribution in [0.1, 0.15) is 11.1 Å². The van der Waals surface area contributed by atoms with E-state index < -0.39 is 11.7 Å². The molecule has 2 aromatic carbocycles. The van der Waals surface area contributed by atoms with Crippen LogP contribution in [0.25, 0.3) is 0 Å². The zero-order valence-electron chi connectivity index (χ0n) is 12.7. The van der Waals surface area contributed by atoms with Gasteiger partial charge in [-0.3, -0.25) is 0 Å². The highest BCUT2D eigenvalue weighted by molar-refractivity contribution is 5.49. The molecule has 0 aromatic heterocycles. The molecule has 23 heavy (non-hydrogen) atoms. The minimum absolute atomic E-state index is 0.0489. The SMILES string of the molecule is COc1ccc(N(CCO)Cc2ccc(C(F)(F)F)cc2)cc1. The maximum Gasteiger partial charge on any atom is 0.416 e. The van der Waals surface area contributed by atoms with Gasteiger partial charge in [-0.15, -0.1) is 0 Å². The molecule has 0 fully saturated rings. The van der Waals surface area contributed by atoms with Gasteiger partial charge in [-0.2, -0.15) is 13.2 Å². The number of aliphatic hydroxyl groups excluding tert-OH is 1. The highest BCUT2D eigenvalue weighted by Gasteiger charge is 2.29. The quantitative estimate of drug-likeness (QED) is 0.879. The van der Waals surface area contributed by atoms with Gasteiger partial charge in [0.05, 0.1) is 19.3 Å². The minimum Gasteiger partial charge on any atom is -0.497 e. The molecule has 6 heteroatoms. The Morgan fingerprint density at radius 2 is 1.61 bits per heavy atom. The molecule has 0 unspecified atom stereocenters. The van der Waals surface area contributed by atoms with Gasteiger partial charge in [0.1, 0.15) is 5.75 Å². The first-order chi connectivity index (χ1) is 10.9. The maximum atomic E-state index is 12.6. The summed E-state index contributed by atoms with van der Waals surface area (Å²) in [6.45, 7) is 0.741. The Hall–Kier alpha value is -2.21. The van der Waals surface area contributed by atoms with E-state index in [-0.39, 0.29) is 6.61 Å². The lowest BCUT2D eigenvalue weighted by Crippen LogP contribution is -2.26. The van der Waals surface area contributed by atoms with Crippen molar-refractivity contribution in [3.05, 3.63) is 59.7 Å². The van der Waals surface area contributed by atoms with Gasteiger partial charge in [-0.25, -0.2) is 0 Å². The highest BCUT2D eigenvalue weighted by atomic mass is 19.4. The van der Waals surface area contributed by atoms with Crippen LogP contribution in [0.2, 0.25) is 0 Å². The van der Waals surface area contributed by atoms with Gasteiger partial charge < -0.3 is 14.7 Å². The number of methoxy groups -OCH3 is 1. The lowest BCUT2D eigenvalue weighted by Gasteiger charge is -2.24. The predicted octanol–water partition coefficient (Wildman–Crippen LogP) is 3.71. The molecule has 1 N–H and O–H groups in total. The number of rotatable bonds is 6. The molecule has 0 amide bonds. The van der Waals surface area contributed by atoms with Crippen molar-refractivity contribution in [3.8, 4) is 5.75 Å². The summed E-state index contributed by atoms with van der Waals surface area (Å²) < 4.78 is 42.8. The second kappa shape index (κ2) is 7.37. The number of benzene rings is 2. The van der Waals surface area contributed by atoms with Gasteiger partial charge in [0.15, 0.2) is 0 Å². The zero-order valence-corrected chi connectivity index (χ0v) is 12.7. The van der Waals surface area contributed by atoms with E-state index in [0.29, 0.717) is 18.8 Å². The number of anilines is 1. The minimum atomic E-state index is -4.33. The van der Waals surface area contributed by atoms with Crippen LogP contribution in [0.15, 0.2) is 48.5 Å². The number of ether oxygens (including phenoxy) is 1. The fourth-order valence-electron chi connectivity index (χ4n) is 2.23. The molecule has 0 aliphatic heterocycles. The van der Waals surface area contributed by atoms with Crippen molar-refractivity contribution in [3.63, 3.8) is 0 Å². The Morgan fingerprint density at radius 1 is 1.00 bits per heavy atom. The average molecular weight is 325 g/mol. The molecular formula is C17H18F3NO2. The average Bonchev–Trinajstić information content (AvgIpc) is 2.54. The molecular weight excluding hydrogens is 307 g/mol. The zero-order chi connectivity index (χ0) is 16.9. The molecule has 124 valence electrons. The second-order valence-corrected chi connectivity index (χ2v) is 5.04. The van der Waals surface area contributed by atoms with E-state index >= 15 is 0 Å². The number of halogens is 3. The highest BCUT2D eigenvalue weighted by Crippen LogP contribution is 2.29. The topological polar surface area (TPSA) is 32.7 Å². The van der Waals surface area contributed by atoms with Crippen molar-refractivity contribution in [1.82, 2.24) is 0 Å². The van der Waals surface area contributed by atoms with Crippen LogP contribution in [0.4, 0.5) is 18.9 Å². The van der Waals surface area contributed by atoms with Gasteiger partial charge >= 0.3 is 6.18 Å². The third-order valence-electron chi connectivity index (χ3n) is 3.46. The van der Waals surface area contributed by atoms with Gasteiger partial charge in [0.2, 0.25) is 0 Å². The van der Waals surface area contributed by atoms with Crippen molar-refractivity contribution < 1.29 is 23.0 Å². The van der Waals surface area contributed by atoms with E-state index in [0.717, 1.165) is 23.4 Å². The van der Waals surface area contributed by atoms with Gasteiger partial charge in [-0.1, -0.05) is 12.1 Å². The van der Waals surface area contributed by atoms with Crippen LogP contribution in [0.3, 0.4) is 0 Å². The molecule has 0 spiro atoms. The van der Waals surface area contributed by atoms with Crippen molar-refractivity contribution >= 4 is 5.69 Å². The fourth-order valence-corrected chi connectivity index (χ4v) is 2.23. The summed E-state index contributed by atoms with van der Waals surface area (Å²) in [5.74, 6) is 0.715. The smallest absolute Gasteiger partial charge is 0.416 e. The molecule has 0 aliphatic rings. The van der Waals surface area contributed by atoms with E-state index in [1.807, 2.05) is 17.0 Å². The van der Waals surface area contributed by atoms with E-state index in [9.17, 15) is 18.3 Å². The van der Waals surface area contributed by atoms with Gasteiger partial charge in [0.25, 0.3) is 0 Å². The van der Waals surface area contributed by atoms with Crippen LogP contribution in [0, 0.1) is 0 Å². The third-order valence-corrected chi connectivity index (χ3v) is 3.46. The first-order valence-electron chi connectivity index (χ1n) is 7.10. The fraction of sp³-hybridized carbons (Fsp3) is 0.294. The molecule has 0 atom stereocenters. The third kappa shape index (κ3) is 4.63. The van der Waals surface area contributed by atoms with E-state index in [1.54, 1.807) is 19.2 Å². The summed E-state index contributed by atoms with van der Waals surface area (Å²) in [4.78, 5) is 1.89. The summed E-state index contributed by atoms with van der Waals surface area (Å²) in [6, 6.07) is 12.3.